The average Bonchev–Trinajstić information content (AvgIpc) is 3.48. The van der Waals surface area contributed by atoms with Crippen molar-refractivity contribution in [2.45, 2.75) is 85.0 Å². The summed E-state index contributed by atoms with van der Waals surface area (Å²) in [6, 6.07) is 24.3. The molecule has 6 nitrogen and oxygen atoms in total. The molecule has 3 aromatic carbocycles. The highest BCUT2D eigenvalue weighted by Gasteiger charge is 2.26. The molecular weight excluding hydrogens is 546 g/mol. The summed E-state index contributed by atoms with van der Waals surface area (Å²) in [6.45, 7) is 16.8. The Bertz CT molecular complexity index is 1550. The van der Waals surface area contributed by atoms with Crippen LogP contribution in [-0.2, 0) is 10.8 Å². The molecule has 234 valence electrons. The lowest BCUT2D eigenvalue weighted by Crippen LogP contribution is -2.27. The van der Waals surface area contributed by atoms with E-state index in [0.29, 0.717) is 18.8 Å². The normalized spacial score (nSPS) is 11.8. The Morgan fingerprint density at radius 3 is 2.27 bits per heavy atom. The summed E-state index contributed by atoms with van der Waals surface area (Å²) in [7, 11) is 1.64. The maximum atomic E-state index is 13.4. The summed E-state index contributed by atoms with van der Waals surface area (Å²) in [4.78, 5) is 13.4. The molecule has 4 aromatic rings. The number of hydrogen-bond acceptors (Lipinski definition) is 4. The Balaban J connectivity index is 1.41. The van der Waals surface area contributed by atoms with Crippen LogP contribution >= 0.6 is 0 Å². The van der Waals surface area contributed by atoms with Crippen LogP contribution in [0.3, 0.4) is 0 Å². The average molecular weight is 596 g/mol. The van der Waals surface area contributed by atoms with Gasteiger partial charge in [0.1, 0.15) is 17.2 Å². The minimum absolute atomic E-state index is 0.0219. The topological polar surface area (TPSA) is 65.4 Å². The van der Waals surface area contributed by atoms with Gasteiger partial charge in [0, 0.05) is 17.7 Å². The van der Waals surface area contributed by atoms with Crippen LogP contribution in [0.15, 0.2) is 72.8 Å². The van der Waals surface area contributed by atoms with E-state index in [4.69, 9.17) is 14.6 Å². The summed E-state index contributed by atoms with van der Waals surface area (Å²) < 4.78 is 13.4. The molecule has 0 aliphatic carbocycles. The number of carbonyl (C=O) groups is 1. The molecule has 0 spiro atoms. The van der Waals surface area contributed by atoms with Crippen LogP contribution in [0.25, 0.3) is 16.9 Å². The summed E-state index contributed by atoms with van der Waals surface area (Å²) in [5.74, 6) is 1.59. The van der Waals surface area contributed by atoms with Crippen molar-refractivity contribution in [2.75, 3.05) is 20.3 Å². The van der Waals surface area contributed by atoms with Crippen LogP contribution in [0, 0.1) is 6.92 Å². The van der Waals surface area contributed by atoms with Crippen molar-refractivity contribution >= 4 is 5.91 Å². The van der Waals surface area contributed by atoms with Gasteiger partial charge in [0.2, 0.25) is 0 Å². The van der Waals surface area contributed by atoms with Gasteiger partial charge in [-0.25, -0.2) is 4.68 Å². The van der Waals surface area contributed by atoms with Crippen LogP contribution in [-0.4, -0.2) is 35.9 Å². The van der Waals surface area contributed by atoms with Crippen molar-refractivity contribution in [1.82, 2.24) is 15.1 Å². The van der Waals surface area contributed by atoms with Crippen LogP contribution in [0.1, 0.15) is 94.4 Å². The van der Waals surface area contributed by atoms with E-state index in [2.05, 4.69) is 65.1 Å². The molecule has 4 rings (SSSR count). The van der Waals surface area contributed by atoms with Gasteiger partial charge in [-0.1, -0.05) is 65.8 Å². The zero-order valence-electron chi connectivity index (χ0n) is 27.8. The predicted octanol–water partition coefficient (Wildman–Crippen LogP) is 8.82. The predicted molar refractivity (Wildman–Crippen MR) is 180 cm³/mol. The molecule has 6 heteroatoms. The molecule has 0 atom stereocenters. The van der Waals surface area contributed by atoms with Crippen molar-refractivity contribution in [2.24, 2.45) is 0 Å². The van der Waals surface area contributed by atoms with Crippen molar-refractivity contribution in [3.05, 3.63) is 95.2 Å². The molecule has 0 aliphatic heterocycles. The monoisotopic (exact) mass is 595 g/mol. The highest BCUT2D eigenvalue weighted by Crippen LogP contribution is 2.38. The third-order valence-electron chi connectivity index (χ3n) is 8.95. The van der Waals surface area contributed by atoms with E-state index in [0.717, 1.165) is 59.7 Å². The van der Waals surface area contributed by atoms with Gasteiger partial charge in [0.15, 0.2) is 0 Å². The van der Waals surface area contributed by atoms with Gasteiger partial charge in [-0.15, -0.1) is 0 Å². The van der Waals surface area contributed by atoms with E-state index in [9.17, 15) is 4.79 Å². The quantitative estimate of drug-likeness (QED) is 0.148. The Hall–Kier alpha value is -4.06. The largest absolute Gasteiger partial charge is 0.497 e. The van der Waals surface area contributed by atoms with Crippen molar-refractivity contribution in [3.63, 3.8) is 0 Å². The van der Waals surface area contributed by atoms with E-state index in [1.54, 1.807) is 11.8 Å². The number of nitrogens with one attached hydrogen (secondary N) is 1. The number of aromatic nitrogens is 2. The summed E-state index contributed by atoms with van der Waals surface area (Å²) in [5.41, 5.74) is 6.86. The zero-order chi connectivity index (χ0) is 31.9. The SMILES string of the molecule is CCC(C)(C)c1ccc(OCCCCNC(=O)c2cc(-c3ccc(OC)cc3)nn2-c2cccc(C)c2)c(C(C)(C)CC)c1. The summed E-state index contributed by atoms with van der Waals surface area (Å²) in [5, 5.41) is 7.92. The second kappa shape index (κ2) is 14.1. The molecule has 0 bridgehead atoms. The number of carbonyl (C=O) groups excluding carboxylic acids is 1. The van der Waals surface area contributed by atoms with Gasteiger partial charge < -0.3 is 14.8 Å². The molecule has 1 amide bonds. The molecule has 0 aliphatic rings. The van der Waals surface area contributed by atoms with Crippen LogP contribution < -0.4 is 14.8 Å². The molecule has 0 saturated heterocycles. The molecule has 0 saturated carbocycles. The van der Waals surface area contributed by atoms with E-state index >= 15 is 0 Å². The molecule has 44 heavy (non-hydrogen) atoms. The first kappa shape index (κ1) is 32.8. The van der Waals surface area contributed by atoms with Gasteiger partial charge in [-0.2, -0.15) is 5.10 Å². The maximum Gasteiger partial charge on any atom is 0.270 e. The van der Waals surface area contributed by atoms with E-state index < -0.39 is 0 Å². The minimum Gasteiger partial charge on any atom is -0.497 e. The number of ether oxygens (including phenoxy) is 2. The van der Waals surface area contributed by atoms with Crippen molar-refractivity contribution in [3.8, 4) is 28.4 Å². The molecule has 1 aromatic heterocycles. The van der Waals surface area contributed by atoms with Gasteiger partial charge in [0.05, 0.1) is 25.1 Å². The fourth-order valence-corrected chi connectivity index (χ4v) is 5.10. The van der Waals surface area contributed by atoms with Gasteiger partial charge in [-0.05, 0) is 103 Å². The minimum atomic E-state index is -0.152. The van der Waals surface area contributed by atoms with Gasteiger partial charge in [-0.3, -0.25) is 4.79 Å². The van der Waals surface area contributed by atoms with E-state index in [1.165, 1.54) is 11.1 Å². The smallest absolute Gasteiger partial charge is 0.270 e. The van der Waals surface area contributed by atoms with Crippen LogP contribution in [0.2, 0.25) is 0 Å². The highest BCUT2D eigenvalue weighted by atomic mass is 16.5. The molecule has 1 N–H and O–H groups in total. The number of unbranched alkanes of at least 4 members (excludes halogenated alkanes) is 1. The van der Waals surface area contributed by atoms with Gasteiger partial charge in [0.25, 0.3) is 5.91 Å². The lowest BCUT2D eigenvalue weighted by molar-refractivity contribution is 0.0944. The number of aryl methyl sites for hydroxylation is 1. The summed E-state index contributed by atoms with van der Waals surface area (Å²) in [6.07, 6.45) is 3.76. The number of nitrogens with zero attached hydrogens (tertiary/aromatic N) is 2. The molecule has 0 radical (unpaired) electrons. The maximum absolute atomic E-state index is 13.4. The molecule has 0 fully saturated rings. The fourth-order valence-electron chi connectivity index (χ4n) is 5.10. The van der Waals surface area contributed by atoms with Gasteiger partial charge >= 0.3 is 0 Å². The third-order valence-corrected chi connectivity index (χ3v) is 8.95. The zero-order valence-corrected chi connectivity index (χ0v) is 27.8. The third kappa shape index (κ3) is 7.71. The van der Waals surface area contributed by atoms with Crippen molar-refractivity contribution in [1.29, 1.82) is 0 Å². The first-order valence-corrected chi connectivity index (χ1v) is 15.9. The Labute approximate surface area is 263 Å². The molecule has 0 unspecified atom stereocenters. The Kier molecular flexibility index (Phi) is 10.6. The van der Waals surface area contributed by atoms with Crippen LogP contribution in [0.4, 0.5) is 0 Å². The number of amides is 1. The first-order chi connectivity index (χ1) is 21.0. The number of benzene rings is 3. The lowest BCUT2D eigenvalue weighted by Gasteiger charge is -2.30. The standard InChI is InChI=1S/C38H49N3O3/c1-9-37(4,5)29-18-21-35(32(25-29)38(6,7)10-2)44-23-12-11-22-39-36(42)34-26-33(28-16-19-31(43-8)20-17-28)40-41(34)30-15-13-14-27(3)24-30/h13-21,24-26H,9-12,22-23H2,1-8H3,(H,39,42). The molecular formula is C38H49N3O3. The lowest BCUT2D eigenvalue weighted by atomic mass is 9.76. The van der Waals surface area contributed by atoms with Crippen LogP contribution in [0.5, 0.6) is 11.5 Å². The number of rotatable bonds is 14. The Morgan fingerprint density at radius 1 is 0.886 bits per heavy atom. The summed E-state index contributed by atoms with van der Waals surface area (Å²) >= 11 is 0. The van der Waals surface area contributed by atoms with Crippen molar-refractivity contribution < 1.29 is 14.3 Å². The number of hydrogen-bond donors (Lipinski definition) is 1. The second-order valence-electron chi connectivity index (χ2n) is 12.9. The fraction of sp³-hybridized carbons (Fsp3) is 0.421. The molecule has 1 heterocycles. The van der Waals surface area contributed by atoms with E-state index in [-0.39, 0.29) is 16.7 Å². The number of methoxy groups -OCH3 is 1. The highest BCUT2D eigenvalue weighted by molar-refractivity contribution is 5.94. The first-order valence-electron chi connectivity index (χ1n) is 15.9. The van der Waals surface area contributed by atoms with E-state index in [1.807, 2.05) is 61.5 Å². The second-order valence-corrected chi connectivity index (χ2v) is 12.9. The Morgan fingerprint density at radius 2 is 1.61 bits per heavy atom.